The highest BCUT2D eigenvalue weighted by Crippen LogP contribution is 2.38. The summed E-state index contributed by atoms with van der Waals surface area (Å²) >= 11 is 6.11. The van der Waals surface area contributed by atoms with Crippen LogP contribution in [0.25, 0.3) is 0 Å². The molecule has 6 heteroatoms. The van der Waals surface area contributed by atoms with Crippen molar-refractivity contribution in [3.05, 3.63) is 16.4 Å². The molecule has 1 saturated carbocycles. The molecule has 1 fully saturated rings. The number of alkyl halides is 2. The van der Waals surface area contributed by atoms with Gasteiger partial charge in [0.05, 0.1) is 11.8 Å². The zero-order chi connectivity index (χ0) is 14.2. The fraction of sp³-hybridized carbons (Fsp3) is 0.769. The van der Waals surface area contributed by atoms with Crippen molar-refractivity contribution in [3.8, 4) is 0 Å². The molecule has 0 amide bonds. The van der Waals surface area contributed by atoms with E-state index in [1.165, 1.54) is 0 Å². The van der Waals surface area contributed by atoms with Crippen molar-refractivity contribution in [1.82, 2.24) is 9.78 Å². The predicted octanol–water partition coefficient (Wildman–Crippen LogP) is 3.11. The van der Waals surface area contributed by atoms with Crippen molar-refractivity contribution in [1.29, 1.82) is 0 Å². The highest BCUT2D eigenvalue weighted by Gasteiger charge is 2.37. The average molecular weight is 293 g/mol. The van der Waals surface area contributed by atoms with Crippen LogP contribution in [0, 0.1) is 12.8 Å². The van der Waals surface area contributed by atoms with E-state index in [1.54, 1.807) is 11.7 Å². The molecule has 3 nitrogen and oxygen atoms in total. The summed E-state index contributed by atoms with van der Waals surface area (Å²) in [5.74, 6) is -2.63. The molecule has 0 aliphatic heterocycles. The molecule has 0 spiro atoms. The van der Waals surface area contributed by atoms with Gasteiger partial charge in [0, 0.05) is 31.9 Å². The number of hydrogen-bond donors (Lipinski definition) is 1. The highest BCUT2D eigenvalue weighted by atomic mass is 35.5. The Morgan fingerprint density at radius 1 is 1.47 bits per heavy atom. The lowest BCUT2D eigenvalue weighted by molar-refractivity contribution is -0.0619. The van der Waals surface area contributed by atoms with Crippen LogP contribution in [-0.4, -0.2) is 26.9 Å². The van der Waals surface area contributed by atoms with E-state index in [9.17, 15) is 13.9 Å². The van der Waals surface area contributed by atoms with Gasteiger partial charge in [0.15, 0.2) is 0 Å². The molecular weight excluding hydrogens is 274 g/mol. The Balaban J connectivity index is 2.00. The van der Waals surface area contributed by atoms with E-state index >= 15 is 0 Å². The molecule has 0 saturated heterocycles. The first-order valence-corrected chi connectivity index (χ1v) is 6.92. The molecule has 1 aromatic rings. The summed E-state index contributed by atoms with van der Waals surface area (Å²) in [6, 6.07) is 0. The van der Waals surface area contributed by atoms with Gasteiger partial charge in [0.25, 0.3) is 0 Å². The molecule has 0 radical (unpaired) electrons. The van der Waals surface area contributed by atoms with Crippen LogP contribution < -0.4 is 0 Å². The topological polar surface area (TPSA) is 38.0 Å². The van der Waals surface area contributed by atoms with Gasteiger partial charge in [-0.25, -0.2) is 8.78 Å². The van der Waals surface area contributed by atoms with E-state index in [0.717, 1.165) is 11.3 Å². The molecule has 0 bridgehead atoms. The molecule has 1 N–H and O–H groups in total. The van der Waals surface area contributed by atoms with Crippen LogP contribution in [0.3, 0.4) is 0 Å². The van der Waals surface area contributed by atoms with E-state index in [-0.39, 0.29) is 18.8 Å². The Hall–Kier alpha value is -0.680. The number of halogens is 3. The summed E-state index contributed by atoms with van der Waals surface area (Å²) in [6.45, 7) is 1.84. The van der Waals surface area contributed by atoms with E-state index in [2.05, 4.69) is 5.10 Å². The number of aryl methyl sites for hydroxylation is 2. The summed E-state index contributed by atoms with van der Waals surface area (Å²) in [7, 11) is 1.74. The molecule has 1 aromatic heterocycles. The van der Waals surface area contributed by atoms with Crippen LogP contribution in [0.2, 0.25) is 5.15 Å². The Kier molecular flexibility index (Phi) is 4.16. The van der Waals surface area contributed by atoms with Gasteiger partial charge in [-0.15, -0.1) is 0 Å². The number of aliphatic hydroxyl groups is 1. The van der Waals surface area contributed by atoms with Crippen LogP contribution in [0.5, 0.6) is 0 Å². The molecule has 0 aromatic carbocycles. The Morgan fingerprint density at radius 2 is 2.05 bits per heavy atom. The van der Waals surface area contributed by atoms with Crippen LogP contribution in [-0.2, 0) is 13.5 Å². The SMILES string of the molecule is Cc1nn(C)c(Cl)c1CC(O)C1CCC(F)(F)CC1. The minimum atomic E-state index is -2.56. The average Bonchev–Trinajstić information content (AvgIpc) is 2.56. The molecule has 1 heterocycles. The van der Waals surface area contributed by atoms with Gasteiger partial charge in [-0.3, -0.25) is 4.68 Å². The lowest BCUT2D eigenvalue weighted by Gasteiger charge is -2.31. The molecule has 1 unspecified atom stereocenters. The van der Waals surface area contributed by atoms with Crippen molar-refractivity contribution >= 4 is 11.6 Å². The lowest BCUT2D eigenvalue weighted by Crippen LogP contribution is -2.32. The van der Waals surface area contributed by atoms with Gasteiger partial charge in [0.1, 0.15) is 5.15 Å². The second-order valence-corrected chi connectivity index (χ2v) is 5.80. The normalized spacial score (nSPS) is 21.6. The van der Waals surface area contributed by atoms with Crippen molar-refractivity contribution in [3.63, 3.8) is 0 Å². The van der Waals surface area contributed by atoms with E-state index in [1.807, 2.05) is 6.92 Å². The summed E-state index contributed by atoms with van der Waals surface area (Å²) < 4.78 is 27.7. The Morgan fingerprint density at radius 3 is 2.53 bits per heavy atom. The fourth-order valence-electron chi connectivity index (χ4n) is 2.73. The third-order valence-corrected chi connectivity index (χ3v) is 4.46. The summed E-state index contributed by atoms with van der Waals surface area (Å²) in [5.41, 5.74) is 1.60. The van der Waals surface area contributed by atoms with Crippen LogP contribution in [0.4, 0.5) is 8.78 Å². The quantitative estimate of drug-likeness (QED) is 0.929. The number of hydrogen-bond acceptors (Lipinski definition) is 2. The number of nitrogens with zero attached hydrogens (tertiary/aromatic N) is 2. The zero-order valence-electron chi connectivity index (χ0n) is 11.2. The zero-order valence-corrected chi connectivity index (χ0v) is 11.9. The monoisotopic (exact) mass is 292 g/mol. The van der Waals surface area contributed by atoms with Crippen LogP contribution in [0.1, 0.15) is 36.9 Å². The van der Waals surface area contributed by atoms with Gasteiger partial charge in [0.2, 0.25) is 5.92 Å². The summed E-state index contributed by atoms with van der Waals surface area (Å²) in [6.07, 6.45) is 0.227. The third-order valence-electron chi connectivity index (χ3n) is 3.99. The summed E-state index contributed by atoms with van der Waals surface area (Å²) in [5, 5.41) is 14.9. The largest absolute Gasteiger partial charge is 0.392 e. The molecular formula is C13H19ClF2N2O. The van der Waals surface area contributed by atoms with Crippen LogP contribution in [0.15, 0.2) is 0 Å². The molecule has 19 heavy (non-hydrogen) atoms. The molecule has 1 aliphatic carbocycles. The van der Waals surface area contributed by atoms with Crippen molar-refractivity contribution in [2.75, 3.05) is 0 Å². The Labute approximate surface area is 116 Å². The number of rotatable bonds is 3. The van der Waals surface area contributed by atoms with Gasteiger partial charge in [-0.2, -0.15) is 5.10 Å². The second-order valence-electron chi connectivity index (χ2n) is 5.44. The third kappa shape index (κ3) is 3.26. The first-order chi connectivity index (χ1) is 8.80. The minimum Gasteiger partial charge on any atom is -0.392 e. The van der Waals surface area contributed by atoms with Gasteiger partial charge >= 0.3 is 0 Å². The van der Waals surface area contributed by atoms with E-state index in [0.29, 0.717) is 24.4 Å². The van der Waals surface area contributed by atoms with Gasteiger partial charge in [-0.1, -0.05) is 11.6 Å². The van der Waals surface area contributed by atoms with E-state index in [4.69, 9.17) is 11.6 Å². The summed E-state index contributed by atoms with van der Waals surface area (Å²) in [4.78, 5) is 0. The van der Waals surface area contributed by atoms with Gasteiger partial charge in [-0.05, 0) is 25.7 Å². The smallest absolute Gasteiger partial charge is 0.248 e. The van der Waals surface area contributed by atoms with E-state index < -0.39 is 12.0 Å². The molecule has 1 atom stereocenters. The predicted molar refractivity (Wildman–Crippen MR) is 69.6 cm³/mol. The maximum Gasteiger partial charge on any atom is 0.248 e. The maximum absolute atomic E-state index is 13.1. The van der Waals surface area contributed by atoms with Crippen molar-refractivity contribution < 1.29 is 13.9 Å². The van der Waals surface area contributed by atoms with Crippen molar-refractivity contribution in [2.24, 2.45) is 13.0 Å². The molecule has 2 rings (SSSR count). The lowest BCUT2D eigenvalue weighted by atomic mass is 9.81. The second kappa shape index (κ2) is 5.37. The highest BCUT2D eigenvalue weighted by molar-refractivity contribution is 6.30. The number of aliphatic hydroxyl groups excluding tert-OH is 1. The first kappa shape index (κ1) is 14.7. The van der Waals surface area contributed by atoms with Crippen molar-refractivity contribution in [2.45, 2.75) is 51.1 Å². The molecule has 108 valence electrons. The number of aromatic nitrogens is 2. The van der Waals surface area contributed by atoms with Crippen LogP contribution >= 0.6 is 11.6 Å². The minimum absolute atomic E-state index is 0.0738. The maximum atomic E-state index is 13.1. The standard InChI is InChI=1S/C13H19ClF2N2O/c1-8-10(12(14)18(2)17-8)7-11(19)9-3-5-13(15,16)6-4-9/h9,11,19H,3-7H2,1-2H3. The van der Waals surface area contributed by atoms with Gasteiger partial charge < -0.3 is 5.11 Å². The molecule has 1 aliphatic rings. The first-order valence-electron chi connectivity index (χ1n) is 6.54. The fourth-order valence-corrected chi connectivity index (χ4v) is 2.98. The Bertz CT molecular complexity index is 452.